The van der Waals surface area contributed by atoms with Gasteiger partial charge in [0.05, 0.1) is 20.6 Å². The summed E-state index contributed by atoms with van der Waals surface area (Å²) in [6.45, 7) is 0. The van der Waals surface area contributed by atoms with E-state index in [4.69, 9.17) is 5.73 Å². The van der Waals surface area contributed by atoms with Gasteiger partial charge >= 0.3 is 0 Å². The summed E-state index contributed by atoms with van der Waals surface area (Å²) in [5, 5.41) is 10.9. The van der Waals surface area contributed by atoms with Gasteiger partial charge in [-0.25, -0.2) is 4.39 Å². The number of nitro groups is 1. The highest BCUT2D eigenvalue weighted by molar-refractivity contribution is 7.85. The maximum Gasteiger partial charge on any atom is 0.272 e. The zero-order valence-electron chi connectivity index (χ0n) is 11.0. The predicted octanol–water partition coefficient (Wildman–Crippen LogP) is 2.67. The van der Waals surface area contributed by atoms with Crippen molar-refractivity contribution in [3.05, 3.63) is 64.0 Å². The minimum Gasteiger partial charge on any atom is -0.398 e. The van der Waals surface area contributed by atoms with E-state index in [9.17, 15) is 18.7 Å². The lowest BCUT2D eigenvalue weighted by Crippen LogP contribution is -2.06. The fraction of sp³-hybridized carbons (Fsp3) is 0.143. The molecule has 0 aromatic heterocycles. The summed E-state index contributed by atoms with van der Waals surface area (Å²) in [7, 11) is -1.51. The Bertz CT molecular complexity index is 706. The number of rotatable bonds is 5. The molecule has 0 radical (unpaired) electrons. The molecular weight excluding hydrogens is 295 g/mol. The second-order valence-electron chi connectivity index (χ2n) is 4.37. The number of anilines is 1. The lowest BCUT2D eigenvalue weighted by atomic mass is 10.1. The summed E-state index contributed by atoms with van der Waals surface area (Å²) >= 11 is 0. The first-order chi connectivity index (χ1) is 9.99. The van der Waals surface area contributed by atoms with Crippen LogP contribution in [0.2, 0.25) is 0 Å². The third-order valence-corrected chi connectivity index (χ3v) is 4.39. The minimum absolute atomic E-state index is 0.0123. The van der Waals surface area contributed by atoms with E-state index in [-0.39, 0.29) is 28.4 Å². The smallest absolute Gasteiger partial charge is 0.272 e. The highest BCUT2D eigenvalue weighted by Crippen LogP contribution is 2.21. The van der Waals surface area contributed by atoms with Gasteiger partial charge < -0.3 is 5.73 Å². The molecule has 0 spiro atoms. The van der Waals surface area contributed by atoms with Crippen molar-refractivity contribution in [1.82, 2.24) is 0 Å². The van der Waals surface area contributed by atoms with Gasteiger partial charge in [0.25, 0.3) is 5.69 Å². The first-order valence-electron chi connectivity index (χ1n) is 6.14. The number of benzene rings is 2. The maximum absolute atomic E-state index is 13.2. The molecule has 0 saturated heterocycles. The summed E-state index contributed by atoms with van der Waals surface area (Å²) in [5.41, 5.74) is 6.40. The van der Waals surface area contributed by atoms with E-state index in [2.05, 4.69) is 0 Å². The molecule has 21 heavy (non-hydrogen) atoms. The summed E-state index contributed by atoms with van der Waals surface area (Å²) in [4.78, 5) is 10.6. The van der Waals surface area contributed by atoms with Crippen molar-refractivity contribution in [3.8, 4) is 0 Å². The van der Waals surface area contributed by atoms with E-state index in [1.807, 2.05) is 0 Å². The van der Waals surface area contributed by atoms with Crippen molar-refractivity contribution in [2.24, 2.45) is 0 Å². The van der Waals surface area contributed by atoms with Gasteiger partial charge in [0.15, 0.2) is 0 Å². The Balaban J connectivity index is 2.15. The van der Waals surface area contributed by atoms with Crippen LogP contribution in [0, 0.1) is 15.9 Å². The second kappa shape index (κ2) is 6.45. The molecule has 0 saturated carbocycles. The molecule has 1 unspecified atom stereocenters. The number of para-hydroxylation sites is 1. The molecule has 0 bridgehead atoms. The van der Waals surface area contributed by atoms with Crippen LogP contribution in [0.3, 0.4) is 0 Å². The summed E-state index contributed by atoms with van der Waals surface area (Å²) in [6, 6.07) is 9.94. The highest BCUT2D eigenvalue weighted by Gasteiger charge is 2.15. The number of aryl methyl sites for hydroxylation is 1. The monoisotopic (exact) mass is 308 g/mol. The lowest BCUT2D eigenvalue weighted by Gasteiger charge is -2.06. The van der Waals surface area contributed by atoms with Crippen LogP contribution >= 0.6 is 0 Å². The van der Waals surface area contributed by atoms with Crippen LogP contribution in [0.25, 0.3) is 0 Å². The third kappa shape index (κ3) is 3.63. The zero-order chi connectivity index (χ0) is 15.4. The average molecular weight is 308 g/mol. The topological polar surface area (TPSA) is 86.2 Å². The third-order valence-electron chi connectivity index (χ3n) is 2.97. The van der Waals surface area contributed by atoms with Crippen LogP contribution in [-0.2, 0) is 17.2 Å². The zero-order valence-corrected chi connectivity index (χ0v) is 11.8. The first kappa shape index (κ1) is 15.1. The second-order valence-corrected chi connectivity index (χ2v) is 5.91. The van der Waals surface area contributed by atoms with Gasteiger partial charge in [0.1, 0.15) is 5.82 Å². The summed E-state index contributed by atoms with van der Waals surface area (Å²) in [6.07, 6.45) is 0.250. The molecule has 0 fully saturated rings. The Morgan fingerprint density at radius 1 is 1.24 bits per heavy atom. The van der Waals surface area contributed by atoms with Gasteiger partial charge in [-0.05, 0) is 24.6 Å². The van der Waals surface area contributed by atoms with Crippen molar-refractivity contribution in [2.45, 2.75) is 11.3 Å². The van der Waals surface area contributed by atoms with Gasteiger partial charge in [-0.2, -0.15) is 0 Å². The Labute approximate surface area is 123 Å². The fourth-order valence-electron chi connectivity index (χ4n) is 1.92. The Kier molecular flexibility index (Phi) is 4.64. The molecule has 2 aromatic rings. The number of nitro benzene ring substituents is 1. The molecule has 110 valence electrons. The highest BCUT2D eigenvalue weighted by atomic mass is 32.2. The van der Waals surface area contributed by atoms with Gasteiger partial charge in [-0.1, -0.05) is 18.2 Å². The molecule has 0 aliphatic heterocycles. The Hall–Kier alpha value is -2.28. The molecule has 2 N–H and O–H groups in total. The van der Waals surface area contributed by atoms with Gasteiger partial charge in [0.2, 0.25) is 0 Å². The number of nitrogens with zero attached hydrogens (tertiary/aromatic N) is 1. The van der Waals surface area contributed by atoms with E-state index in [1.54, 1.807) is 18.2 Å². The number of nitrogens with two attached hydrogens (primary N) is 1. The van der Waals surface area contributed by atoms with Crippen LogP contribution in [0.15, 0.2) is 47.4 Å². The van der Waals surface area contributed by atoms with E-state index >= 15 is 0 Å². The van der Waals surface area contributed by atoms with E-state index < -0.39 is 21.5 Å². The number of halogens is 1. The predicted molar refractivity (Wildman–Crippen MR) is 78.9 cm³/mol. The molecule has 1 atom stereocenters. The van der Waals surface area contributed by atoms with Crippen molar-refractivity contribution < 1.29 is 13.5 Å². The average Bonchev–Trinajstić information content (AvgIpc) is 2.47. The van der Waals surface area contributed by atoms with E-state index in [0.717, 1.165) is 6.07 Å². The Morgan fingerprint density at radius 2 is 1.95 bits per heavy atom. The van der Waals surface area contributed by atoms with E-state index in [1.165, 1.54) is 18.2 Å². The SMILES string of the molecule is Nc1ccc(F)cc1S(=O)CCc1ccccc1[N+](=O)[O-]. The van der Waals surface area contributed by atoms with Crippen LogP contribution in [0.4, 0.5) is 15.8 Å². The molecule has 0 amide bonds. The Morgan fingerprint density at radius 3 is 2.67 bits per heavy atom. The molecule has 0 aliphatic rings. The van der Waals surface area contributed by atoms with Crippen LogP contribution in [0.1, 0.15) is 5.56 Å². The van der Waals surface area contributed by atoms with Crippen molar-refractivity contribution >= 4 is 22.2 Å². The standard InChI is InChI=1S/C14H13FN2O3S/c15-11-5-6-12(16)14(9-11)21(20)8-7-10-3-1-2-4-13(10)17(18)19/h1-6,9H,7-8,16H2. The molecule has 0 aliphatic carbocycles. The first-order valence-corrected chi connectivity index (χ1v) is 7.46. The van der Waals surface area contributed by atoms with Crippen LogP contribution in [0.5, 0.6) is 0 Å². The van der Waals surface area contributed by atoms with Crippen molar-refractivity contribution in [1.29, 1.82) is 0 Å². The molecule has 5 nitrogen and oxygen atoms in total. The largest absolute Gasteiger partial charge is 0.398 e. The minimum atomic E-state index is -1.51. The molecule has 2 rings (SSSR count). The number of hydrogen-bond donors (Lipinski definition) is 1. The fourth-order valence-corrected chi connectivity index (χ4v) is 3.12. The van der Waals surface area contributed by atoms with E-state index in [0.29, 0.717) is 5.56 Å². The lowest BCUT2D eigenvalue weighted by molar-refractivity contribution is -0.385. The molecular formula is C14H13FN2O3S. The van der Waals surface area contributed by atoms with Crippen molar-refractivity contribution in [2.75, 3.05) is 11.5 Å². The van der Waals surface area contributed by atoms with Crippen LogP contribution in [-0.4, -0.2) is 14.9 Å². The van der Waals surface area contributed by atoms with Crippen LogP contribution < -0.4 is 5.73 Å². The van der Waals surface area contributed by atoms with Gasteiger partial charge in [-0.15, -0.1) is 0 Å². The number of hydrogen-bond acceptors (Lipinski definition) is 4. The molecule has 2 aromatic carbocycles. The molecule has 0 heterocycles. The number of nitrogen functional groups attached to an aromatic ring is 1. The normalized spacial score (nSPS) is 12.0. The quantitative estimate of drug-likeness (QED) is 0.522. The van der Waals surface area contributed by atoms with Gasteiger partial charge in [0, 0.05) is 23.1 Å². The maximum atomic E-state index is 13.2. The van der Waals surface area contributed by atoms with Crippen molar-refractivity contribution in [3.63, 3.8) is 0 Å². The summed E-state index contributed by atoms with van der Waals surface area (Å²) < 4.78 is 25.3. The van der Waals surface area contributed by atoms with Gasteiger partial charge in [-0.3, -0.25) is 14.3 Å². The molecule has 7 heteroatoms. The summed E-state index contributed by atoms with van der Waals surface area (Å²) in [5.74, 6) is -0.378.